The quantitative estimate of drug-likeness (QED) is 0.449. The van der Waals surface area contributed by atoms with E-state index in [2.05, 4.69) is 9.57 Å². The number of nitrogens with one attached hydrogen (secondary N) is 1. The molecule has 0 aliphatic carbocycles. The second-order valence-corrected chi connectivity index (χ2v) is 1.48. The zero-order valence-electron chi connectivity index (χ0n) is 4.61. The lowest BCUT2D eigenvalue weighted by molar-refractivity contribution is -0.140. The fourth-order valence-electron chi connectivity index (χ4n) is 0.251. The molecule has 3 nitrogen and oxygen atoms in total. The number of methoxy groups -OCH3 is 1. The lowest BCUT2D eigenvalue weighted by Crippen LogP contribution is -2.09. The van der Waals surface area contributed by atoms with Crippen LogP contribution in [0, 0.1) is 0 Å². The lowest BCUT2D eigenvalue weighted by Gasteiger charge is -1.93. The molecular formula is C4H8ClNO2. The summed E-state index contributed by atoms with van der Waals surface area (Å²) in [6.07, 6.45) is 0.319. The van der Waals surface area contributed by atoms with Crippen LogP contribution in [-0.4, -0.2) is 19.6 Å². The van der Waals surface area contributed by atoms with Crippen LogP contribution in [0.4, 0.5) is 0 Å². The van der Waals surface area contributed by atoms with Gasteiger partial charge < -0.3 is 4.74 Å². The number of carbonyl (C=O) groups excluding carboxylic acids is 1. The molecule has 0 saturated heterocycles. The average Bonchev–Trinajstić information content (AvgIpc) is 1.83. The normalized spacial score (nSPS) is 8.75. The monoisotopic (exact) mass is 137 g/mol. The molecule has 0 aromatic heterocycles. The number of ether oxygens (including phenoxy) is 1. The third-order valence-electron chi connectivity index (χ3n) is 0.651. The fraction of sp³-hybridized carbons (Fsp3) is 0.750. The molecule has 0 unspecified atom stereocenters. The Morgan fingerprint density at radius 1 is 1.88 bits per heavy atom. The molecule has 48 valence electrons. The van der Waals surface area contributed by atoms with Crippen molar-refractivity contribution in [1.29, 1.82) is 0 Å². The highest BCUT2D eigenvalue weighted by molar-refractivity contribution is 6.13. The van der Waals surface area contributed by atoms with Crippen LogP contribution in [0.3, 0.4) is 0 Å². The summed E-state index contributed by atoms with van der Waals surface area (Å²) in [5, 5.41) is 0. The van der Waals surface area contributed by atoms with Gasteiger partial charge in [-0.2, -0.15) is 0 Å². The highest BCUT2D eigenvalue weighted by Crippen LogP contribution is 1.80. The Morgan fingerprint density at radius 2 is 2.50 bits per heavy atom. The van der Waals surface area contributed by atoms with Gasteiger partial charge in [-0.25, -0.2) is 4.84 Å². The fourth-order valence-corrected chi connectivity index (χ4v) is 0.346. The molecule has 0 spiro atoms. The molecule has 4 heteroatoms. The standard InChI is InChI=1S/C4H8ClNO2/c1-8-4(7)2-3-6-5/h6H,2-3H2,1H3. The summed E-state index contributed by atoms with van der Waals surface area (Å²) in [5.41, 5.74) is 0. The van der Waals surface area contributed by atoms with Crippen LogP contribution in [0.5, 0.6) is 0 Å². The minimum atomic E-state index is -0.252. The molecule has 0 atom stereocenters. The van der Waals surface area contributed by atoms with Crippen LogP contribution < -0.4 is 4.84 Å². The van der Waals surface area contributed by atoms with Gasteiger partial charge in [0, 0.05) is 6.54 Å². The van der Waals surface area contributed by atoms with Gasteiger partial charge in [0.1, 0.15) is 0 Å². The van der Waals surface area contributed by atoms with Crippen LogP contribution in [-0.2, 0) is 9.53 Å². The molecule has 0 amide bonds. The molecular weight excluding hydrogens is 130 g/mol. The molecule has 0 saturated carbocycles. The summed E-state index contributed by atoms with van der Waals surface area (Å²) in [4.78, 5) is 12.6. The number of halogens is 1. The Morgan fingerprint density at radius 3 is 2.88 bits per heavy atom. The van der Waals surface area contributed by atoms with Crippen molar-refractivity contribution in [3.05, 3.63) is 0 Å². The van der Waals surface area contributed by atoms with Gasteiger partial charge in [-0.3, -0.25) is 4.79 Å². The van der Waals surface area contributed by atoms with Crippen LogP contribution >= 0.6 is 11.8 Å². The van der Waals surface area contributed by atoms with Crippen molar-refractivity contribution in [3.63, 3.8) is 0 Å². The molecule has 0 radical (unpaired) electrons. The van der Waals surface area contributed by atoms with Gasteiger partial charge in [0.25, 0.3) is 0 Å². The van der Waals surface area contributed by atoms with E-state index in [4.69, 9.17) is 11.8 Å². The first-order chi connectivity index (χ1) is 3.81. The second kappa shape index (κ2) is 4.87. The first-order valence-corrected chi connectivity index (χ1v) is 2.59. The molecule has 0 aliphatic rings. The Hall–Kier alpha value is -0.280. The number of hydrogen-bond acceptors (Lipinski definition) is 3. The summed E-state index contributed by atoms with van der Waals surface area (Å²) in [7, 11) is 1.34. The largest absolute Gasteiger partial charge is 0.469 e. The van der Waals surface area contributed by atoms with E-state index in [1.54, 1.807) is 0 Å². The van der Waals surface area contributed by atoms with Crippen LogP contribution in [0.2, 0.25) is 0 Å². The topological polar surface area (TPSA) is 38.3 Å². The van der Waals surface area contributed by atoms with Gasteiger partial charge in [0.05, 0.1) is 13.5 Å². The average molecular weight is 138 g/mol. The SMILES string of the molecule is COC(=O)CCNCl. The van der Waals surface area contributed by atoms with E-state index in [-0.39, 0.29) is 5.97 Å². The van der Waals surface area contributed by atoms with Gasteiger partial charge in [-0.05, 0) is 11.8 Å². The van der Waals surface area contributed by atoms with E-state index in [0.29, 0.717) is 13.0 Å². The van der Waals surface area contributed by atoms with Gasteiger partial charge in [-0.1, -0.05) is 0 Å². The predicted molar refractivity (Wildman–Crippen MR) is 30.5 cm³/mol. The number of esters is 1. The molecule has 1 N–H and O–H groups in total. The van der Waals surface area contributed by atoms with Gasteiger partial charge >= 0.3 is 5.97 Å². The lowest BCUT2D eigenvalue weighted by atomic mass is 10.4. The van der Waals surface area contributed by atoms with Gasteiger partial charge in [0.2, 0.25) is 0 Å². The molecule has 0 rings (SSSR count). The van der Waals surface area contributed by atoms with Crippen molar-refractivity contribution in [1.82, 2.24) is 4.84 Å². The van der Waals surface area contributed by atoms with E-state index in [9.17, 15) is 4.79 Å². The van der Waals surface area contributed by atoms with E-state index in [1.165, 1.54) is 7.11 Å². The Kier molecular flexibility index (Phi) is 4.70. The molecule has 0 aliphatic heterocycles. The molecule has 0 bridgehead atoms. The van der Waals surface area contributed by atoms with Crippen LogP contribution in [0.15, 0.2) is 0 Å². The Bertz CT molecular complexity index is 76.4. The van der Waals surface area contributed by atoms with Crippen molar-refractivity contribution in [2.45, 2.75) is 6.42 Å². The highest BCUT2D eigenvalue weighted by Gasteiger charge is 1.95. The summed E-state index contributed by atoms with van der Waals surface area (Å²) in [6.45, 7) is 0.453. The van der Waals surface area contributed by atoms with Crippen molar-refractivity contribution in [2.24, 2.45) is 0 Å². The third kappa shape index (κ3) is 3.89. The maximum absolute atomic E-state index is 10.2. The number of hydrogen-bond donors (Lipinski definition) is 1. The number of carbonyl (C=O) groups is 1. The zero-order valence-corrected chi connectivity index (χ0v) is 5.36. The predicted octanol–water partition coefficient (Wildman–Crippen LogP) is 0.293. The molecule has 0 fully saturated rings. The first kappa shape index (κ1) is 7.72. The molecule has 0 aromatic rings. The second-order valence-electron chi connectivity index (χ2n) is 1.21. The third-order valence-corrected chi connectivity index (χ3v) is 0.840. The van der Waals surface area contributed by atoms with Gasteiger partial charge in [0.15, 0.2) is 0 Å². The highest BCUT2D eigenvalue weighted by atomic mass is 35.5. The maximum atomic E-state index is 10.2. The maximum Gasteiger partial charge on any atom is 0.306 e. The van der Waals surface area contributed by atoms with Crippen LogP contribution in [0.1, 0.15) is 6.42 Å². The number of rotatable bonds is 3. The Labute approximate surface area is 53.1 Å². The van der Waals surface area contributed by atoms with E-state index in [0.717, 1.165) is 0 Å². The van der Waals surface area contributed by atoms with E-state index >= 15 is 0 Å². The summed E-state index contributed by atoms with van der Waals surface area (Å²) in [6, 6.07) is 0. The van der Waals surface area contributed by atoms with E-state index < -0.39 is 0 Å². The summed E-state index contributed by atoms with van der Waals surface area (Å²) >= 11 is 5.04. The van der Waals surface area contributed by atoms with Crippen molar-refractivity contribution >= 4 is 17.7 Å². The minimum absolute atomic E-state index is 0.252. The molecule has 8 heavy (non-hydrogen) atoms. The summed E-state index contributed by atoms with van der Waals surface area (Å²) < 4.78 is 4.31. The molecule has 0 aromatic carbocycles. The smallest absolute Gasteiger partial charge is 0.306 e. The minimum Gasteiger partial charge on any atom is -0.469 e. The van der Waals surface area contributed by atoms with Crippen molar-refractivity contribution < 1.29 is 9.53 Å². The van der Waals surface area contributed by atoms with E-state index in [1.807, 2.05) is 0 Å². The van der Waals surface area contributed by atoms with Crippen molar-refractivity contribution in [3.8, 4) is 0 Å². The molecule has 0 heterocycles. The van der Waals surface area contributed by atoms with Crippen LogP contribution in [0.25, 0.3) is 0 Å². The Balaban J connectivity index is 2.99. The summed E-state index contributed by atoms with van der Waals surface area (Å²) in [5.74, 6) is -0.252. The first-order valence-electron chi connectivity index (χ1n) is 2.21. The van der Waals surface area contributed by atoms with Gasteiger partial charge in [-0.15, -0.1) is 0 Å². The zero-order chi connectivity index (χ0) is 6.41. The van der Waals surface area contributed by atoms with Crippen molar-refractivity contribution in [2.75, 3.05) is 13.7 Å².